The molecule has 0 fully saturated rings. The van der Waals surface area contributed by atoms with E-state index in [1.54, 1.807) is 6.92 Å². The molecule has 0 aliphatic heterocycles. The number of amides is 1. The van der Waals surface area contributed by atoms with Gasteiger partial charge in [0.1, 0.15) is 6.04 Å². The summed E-state index contributed by atoms with van der Waals surface area (Å²) in [5.74, 6) is -1.23. The molecule has 1 radical (unpaired) electrons. The predicted octanol–water partition coefficient (Wildman–Crippen LogP) is -0.685. The third kappa shape index (κ3) is 8.43. The number of nitrogens with two attached hydrogens (primary N) is 1. The number of hydrogen-bond donors (Lipinski definition) is 3. The average molecular weight is 313 g/mol. The van der Waals surface area contributed by atoms with Crippen molar-refractivity contribution in [2.45, 2.75) is 25.8 Å². The molecule has 73 valence electrons. The van der Waals surface area contributed by atoms with E-state index in [1.807, 2.05) is 0 Å². The third-order valence-corrected chi connectivity index (χ3v) is 1.37. The first-order valence-electron chi connectivity index (χ1n) is 3.83. The summed E-state index contributed by atoms with van der Waals surface area (Å²) in [5, 5.41) is 10.9. The molecule has 0 heterocycles. The second kappa shape index (κ2) is 8.68. The minimum atomic E-state index is -1.07. The van der Waals surface area contributed by atoms with Gasteiger partial charge in [0.25, 0.3) is 0 Å². The Hall–Kier alpha value is 0.0948. The Balaban J connectivity index is 0. The van der Waals surface area contributed by atoms with Gasteiger partial charge >= 0.3 is 5.97 Å². The Kier molecular flexibility index (Phi) is 10.4. The Labute approximate surface area is 105 Å². The van der Waals surface area contributed by atoms with E-state index in [9.17, 15) is 9.59 Å². The number of hydrogen-bond acceptors (Lipinski definition) is 3. The van der Waals surface area contributed by atoms with Gasteiger partial charge in [0.15, 0.2) is 0 Å². The topological polar surface area (TPSA) is 92.4 Å². The summed E-state index contributed by atoms with van der Waals surface area (Å²) in [6.07, 6.45) is 0.350. The summed E-state index contributed by atoms with van der Waals surface area (Å²) < 4.78 is 0. The first kappa shape index (κ1) is 15.6. The van der Waals surface area contributed by atoms with Gasteiger partial charge < -0.3 is 16.2 Å². The van der Waals surface area contributed by atoms with Crippen molar-refractivity contribution in [1.29, 1.82) is 0 Å². The van der Waals surface area contributed by atoms with E-state index in [0.717, 1.165) is 0 Å². The molecule has 0 spiro atoms. The van der Waals surface area contributed by atoms with E-state index in [0.29, 0.717) is 6.54 Å². The fraction of sp³-hybridized carbons (Fsp3) is 0.714. The van der Waals surface area contributed by atoms with Crippen LogP contribution >= 0.6 is 0 Å². The summed E-state index contributed by atoms with van der Waals surface area (Å²) in [7, 11) is 0. The van der Waals surface area contributed by atoms with Crippen LogP contribution < -0.4 is 11.1 Å². The zero-order chi connectivity index (χ0) is 9.56. The largest absolute Gasteiger partial charge is 0.480 e. The maximum Gasteiger partial charge on any atom is 0.320 e. The van der Waals surface area contributed by atoms with Gasteiger partial charge in [0.05, 0.1) is 0 Å². The molecule has 4 N–H and O–H groups in total. The van der Waals surface area contributed by atoms with Gasteiger partial charge in [-0.15, -0.1) is 0 Å². The minimum absolute atomic E-state index is 0. The van der Waals surface area contributed by atoms with E-state index in [4.69, 9.17) is 10.8 Å². The molecule has 1 atom stereocenters. The summed E-state index contributed by atoms with van der Waals surface area (Å²) >= 11 is 0. The van der Waals surface area contributed by atoms with Gasteiger partial charge in [-0.25, -0.2) is 0 Å². The molecule has 0 aliphatic rings. The van der Waals surface area contributed by atoms with Crippen LogP contribution in [0.2, 0.25) is 0 Å². The minimum Gasteiger partial charge on any atom is -0.480 e. The maximum atomic E-state index is 10.8. The smallest absolute Gasteiger partial charge is 0.320 e. The zero-order valence-electron chi connectivity index (χ0n) is 7.62. The standard InChI is InChI=1S/C7H14N2O3.La/c1-2-9-6(10)4-3-5(8)7(11)12;/h5H,2-4,8H2,1H3,(H,9,10)(H,11,12);/t5-;/m0./s1. The van der Waals surface area contributed by atoms with E-state index in [-0.39, 0.29) is 54.3 Å². The van der Waals surface area contributed by atoms with Crippen molar-refractivity contribution in [1.82, 2.24) is 5.32 Å². The maximum absolute atomic E-state index is 10.8. The molecular weight excluding hydrogens is 299 g/mol. The monoisotopic (exact) mass is 313 g/mol. The van der Waals surface area contributed by atoms with Crippen molar-refractivity contribution in [3.63, 3.8) is 0 Å². The van der Waals surface area contributed by atoms with E-state index in [2.05, 4.69) is 5.32 Å². The Morgan fingerprint density at radius 1 is 1.54 bits per heavy atom. The van der Waals surface area contributed by atoms with E-state index < -0.39 is 12.0 Å². The molecule has 0 bridgehead atoms. The van der Waals surface area contributed by atoms with Crippen LogP contribution in [0.25, 0.3) is 0 Å². The molecule has 5 nitrogen and oxygen atoms in total. The molecule has 0 saturated heterocycles. The van der Waals surface area contributed by atoms with Gasteiger partial charge in [-0.3, -0.25) is 9.59 Å². The molecule has 0 aromatic carbocycles. The van der Waals surface area contributed by atoms with Crippen molar-refractivity contribution in [3.05, 3.63) is 0 Å². The first-order chi connectivity index (χ1) is 5.57. The molecule has 0 aromatic heterocycles. The quantitative estimate of drug-likeness (QED) is 0.627. The van der Waals surface area contributed by atoms with Crippen LogP contribution in [0.4, 0.5) is 0 Å². The molecular formula is C7H14LaN2O3. The van der Waals surface area contributed by atoms with Crippen LogP contribution in [0.15, 0.2) is 0 Å². The Bertz CT molecular complexity index is 175. The zero-order valence-corrected chi connectivity index (χ0v) is 11.2. The molecule has 0 rings (SSSR count). The van der Waals surface area contributed by atoms with Crippen molar-refractivity contribution >= 4 is 11.9 Å². The number of aliphatic carboxylic acids is 1. The molecule has 0 aromatic rings. The number of carbonyl (C=O) groups is 2. The summed E-state index contributed by atoms with van der Waals surface area (Å²) in [6.45, 7) is 2.36. The predicted molar refractivity (Wildman–Crippen MR) is 43.5 cm³/mol. The van der Waals surface area contributed by atoms with Gasteiger partial charge in [0, 0.05) is 48.6 Å². The average Bonchev–Trinajstić information content (AvgIpc) is 2.00. The summed E-state index contributed by atoms with van der Waals surface area (Å²) in [6, 6.07) is -0.937. The summed E-state index contributed by atoms with van der Waals surface area (Å²) in [4.78, 5) is 21.0. The normalized spacial score (nSPS) is 11.2. The molecule has 1 amide bonds. The van der Waals surface area contributed by atoms with Crippen LogP contribution in [-0.4, -0.2) is 29.6 Å². The fourth-order valence-corrected chi connectivity index (χ4v) is 0.696. The molecule has 0 saturated carbocycles. The Morgan fingerprint density at radius 2 is 2.08 bits per heavy atom. The van der Waals surface area contributed by atoms with Gasteiger partial charge in [-0.05, 0) is 13.3 Å². The van der Waals surface area contributed by atoms with Crippen molar-refractivity contribution in [2.75, 3.05) is 6.54 Å². The van der Waals surface area contributed by atoms with E-state index in [1.165, 1.54) is 0 Å². The molecule has 0 unspecified atom stereocenters. The van der Waals surface area contributed by atoms with Crippen molar-refractivity contribution in [3.8, 4) is 0 Å². The van der Waals surface area contributed by atoms with Crippen LogP contribution in [0.1, 0.15) is 19.8 Å². The summed E-state index contributed by atoms with van der Waals surface area (Å²) in [5.41, 5.74) is 5.18. The van der Waals surface area contributed by atoms with Gasteiger partial charge in [0.2, 0.25) is 5.91 Å². The van der Waals surface area contributed by atoms with Crippen LogP contribution in [-0.2, 0) is 9.59 Å². The fourth-order valence-electron chi connectivity index (χ4n) is 0.696. The first-order valence-corrected chi connectivity index (χ1v) is 3.83. The van der Waals surface area contributed by atoms with Gasteiger partial charge in [-0.2, -0.15) is 0 Å². The van der Waals surface area contributed by atoms with Crippen molar-refractivity contribution < 1.29 is 50.3 Å². The molecule has 13 heavy (non-hydrogen) atoms. The van der Waals surface area contributed by atoms with Gasteiger partial charge in [-0.1, -0.05) is 0 Å². The Morgan fingerprint density at radius 3 is 2.46 bits per heavy atom. The molecule has 6 heteroatoms. The molecule has 0 aliphatic carbocycles. The number of carboxylic acid groups (broad SMARTS) is 1. The number of nitrogens with one attached hydrogen (secondary N) is 1. The van der Waals surface area contributed by atoms with Crippen LogP contribution in [0.5, 0.6) is 0 Å². The number of carboxylic acids is 1. The third-order valence-electron chi connectivity index (χ3n) is 1.37. The van der Waals surface area contributed by atoms with Crippen LogP contribution in [0, 0.1) is 35.6 Å². The SMILES string of the molecule is CCNC(=O)CC[C@H](N)C(=O)O.[La]. The number of rotatable bonds is 5. The number of carbonyl (C=O) groups excluding carboxylic acids is 1. The second-order valence-corrected chi connectivity index (χ2v) is 2.44. The van der Waals surface area contributed by atoms with E-state index >= 15 is 0 Å². The van der Waals surface area contributed by atoms with Crippen molar-refractivity contribution in [2.24, 2.45) is 5.73 Å². The second-order valence-electron chi connectivity index (χ2n) is 2.44. The van der Waals surface area contributed by atoms with Crippen LogP contribution in [0.3, 0.4) is 0 Å².